The molecular weight excluding hydrogens is 264 g/mol. The van der Waals surface area contributed by atoms with Gasteiger partial charge in [0.25, 0.3) is 0 Å². The fraction of sp³-hybridized carbons (Fsp3) is 0.944. The molecule has 2 aliphatic rings. The van der Waals surface area contributed by atoms with Crippen LogP contribution in [0.3, 0.4) is 0 Å². The smallest absolute Gasteiger partial charge is 0.309 e. The summed E-state index contributed by atoms with van der Waals surface area (Å²) in [6.45, 7) is 1.81. The van der Waals surface area contributed by atoms with Crippen LogP contribution in [0.5, 0.6) is 0 Å². The van der Waals surface area contributed by atoms with Crippen LogP contribution in [-0.2, 0) is 9.53 Å². The SMILES string of the molecule is O=C(O)C1(CCCCCCOCCCCCC2CC2)CC1. The fourth-order valence-electron chi connectivity index (χ4n) is 3.07. The fourth-order valence-corrected chi connectivity index (χ4v) is 3.07. The number of carboxylic acid groups (broad SMARTS) is 1. The van der Waals surface area contributed by atoms with E-state index < -0.39 is 5.97 Å². The van der Waals surface area contributed by atoms with E-state index in [-0.39, 0.29) is 5.41 Å². The van der Waals surface area contributed by atoms with E-state index in [9.17, 15) is 4.79 Å². The van der Waals surface area contributed by atoms with Crippen molar-refractivity contribution in [3.05, 3.63) is 0 Å². The van der Waals surface area contributed by atoms with Crippen molar-refractivity contribution in [1.29, 1.82) is 0 Å². The number of rotatable bonds is 14. The maximum absolute atomic E-state index is 11.0. The second-order valence-electron chi connectivity index (χ2n) is 7.15. The summed E-state index contributed by atoms with van der Waals surface area (Å²) in [5, 5.41) is 9.08. The molecule has 0 aromatic heterocycles. The third kappa shape index (κ3) is 6.82. The maximum atomic E-state index is 11.0. The Labute approximate surface area is 129 Å². The molecule has 0 amide bonds. The minimum Gasteiger partial charge on any atom is -0.481 e. The van der Waals surface area contributed by atoms with Gasteiger partial charge in [0.15, 0.2) is 0 Å². The third-order valence-corrected chi connectivity index (χ3v) is 5.10. The van der Waals surface area contributed by atoms with Gasteiger partial charge < -0.3 is 9.84 Å². The molecule has 2 fully saturated rings. The number of hydrogen-bond acceptors (Lipinski definition) is 2. The Morgan fingerprint density at radius 1 is 0.952 bits per heavy atom. The van der Waals surface area contributed by atoms with Crippen LogP contribution in [0.15, 0.2) is 0 Å². The van der Waals surface area contributed by atoms with Crippen molar-refractivity contribution in [1.82, 2.24) is 0 Å². The molecule has 2 saturated carbocycles. The Kier molecular flexibility index (Phi) is 7.01. The van der Waals surface area contributed by atoms with Gasteiger partial charge in [-0.25, -0.2) is 0 Å². The van der Waals surface area contributed by atoms with Crippen LogP contribution in [-0.4, -0.2) is 24.3 Å². The van der Waals surface area contributed by atoms with Gasteiger partial charge in [-0.3, -0.25) is 4.79 Å². The Balaban J connectivity index is 1.27. The van der Waals surface area contributed by atoms with E-state index in [1.165, 1.54) is 44.9 Å². The number of hydrogen-bond donors (Lipinski definition) is 1. The van der Waals surface area contributed by atoms with E-state index in [1.54, 1.807) is 0 Å². The highest BCUT2D eigenvalue weighted by atomic mass is 16.5. The lowest BCUT2D eigenvalue weighted by molar-refractivity contribution is -0.143. The number of carbonyl (C=O) groups is 1. The quantitative estimate of drug-likeness (QED) is 0.469. The molecule has 2 rings (SSSR count). The van der Waals surface area contributed by atoms with Crippen molar-refractivity contribution in [2.75, 3.05) is 13.2 Å². The lowest BCUT2D eigenvalue weighted by atomic mass is 9.98. The van der Waals surface area contributed by atoms with Crippen molar-refractivity contribution >= 4 is 5.97 Å². The molecule has 0 unspecified atom stereocenters. The zero-order chi connectivity index (χ0) is 15.0. The predicted octanol–water partition coefficient (Wildman–Crippen LogP) is 4.79. The molecule has 0 spiro atoms. The van der Waals surface area contributed by atoms with Gasteiger partial charge in [0, 0.05) is 13.2 Å². The number of ether oxygens (including phenoxy) is 1. The molecule has 0 aromatic carbocycles. The lowest BCUT2D eigenvalue weighted by Gasteiger charge is -2.09. The van der Waals surface area contributed by atoms with E-state index in [0.717, 1.165) is 57.7 Å². The van der Waals surface area contributed by atoms with Gasteiger partial charge in [0.05, 0.1) is 5.41 Å². The first kappa shape index (κ1) is 16.8. The van der Waals surface area contributed by atoms with E-state index in [4.69, 9.17) is 9.84 Å². The first-order valence-electron chi connectivity index (χ1n) is 9.04. The van der Waals surface area contributed by atoms with Gasteiger partial charge in [0.1, 0.15) is 0 Å². The molecule has 3 heteroatoms. The monoisotopic (exact) mass is 296 g/mol. The van der Waals surface area contributed by atoms with Crippen LogP contribution >= 0.6 is 0 Å². The summed E-state index contributed by atoms with van der Waals surface area (Å²) in [6.07, 6.45) is 15.5. The van der Waals surface area contributed by atoms with Crippen LogP contribution in [0.25, 0.3) is 0 Å². The van der Waals surface area contributed by atoms with E-state index in [2.05, 4.69) is 0 Å². The zero-order valence-electron chi connectivity index (χ0n) is 13.4. The van der Waals surface area contributed by atoms with Gasteiger partial charge in [-0.2, -0.15) is 0 Å². The standard InChI is InChI=1S/C18H32O3/c19-17(20)18(12-13-18)11-5-1-2-6-14-21-15-7-3-4-8-16-9-10-16/h16H,1-15H2,(H,19,20). The van der Waals surface area contributed by atoms with Crippen molar-refractivity contribution in [2.45, 2.75) is 83.5 Å². The van der Waals surface area contributed by atoms with Gasteiger partial charge >= 0.3 is 5.97 Å². The predicted molar refractivity (Wildman–Crippen MR) is 84.4 cm³/mol. The molecule has 2 aliphatic carbocycles. The summed E-state index contributed by atoms with van der Waals surface area (Å²) >= 11 is 0. The minimum atomic E-state index is -0.576. The van der Waals surface area contributed by atoms with E-state index in [1.807, 2.05) is 0 Å². The third-order valence-electron chi connectivity index (χ3n) is 5.10. The van der Waals surface area contributed by atoms with Crippen LogP contribution in [0.1, 0.15) is 83.5 Å². The summed E-state index contributed by atoms with van der Waals surface area (Å²) in [6, 6.07) is 0. The van der Waals surface area contributed by atoms with Gasteiger partial charge in [-0.05, 0) is 38.0 Å². The van der Waals surface area contributed by atoms with Gasteiger partial charge in [-0.15, -0.1) is 0 Å². The molecule has 0 bridgehead atoms. The maximum Gasteiger partial charge on any atom is 0.309 e. The Bertz CT molecular complexity index is 306. The molecule has 3 nitrogen and oxygen atoms in total. The minimum absolute atomic E-state index is 0.322. The van der Waals surface area contributed by atoms with Crippen LogP contribution in [0.4, 0.5) is 0 Å². The molecule has 0 aromatic rings. The summed E-state index contributed by atoms with van der Waals surface area (Å²) in [4.78, 5) is 11.0. The summed E-state index contributed by atoms with van der Waals surface area (Å²) in [5.41, 5.74) is -0.322. The number of aliphatic carboxylic acids is 1. The largest absolute Gasteiger partial charge is 0.481 e. The first-order valence-corrected chi connectivity index (χ1v) is 9.04. The highest BCUT2D eigenvalue weighted by Crippen LogP contribution is 2.50. The first-order chi connectivity index (χ1) is 10.2. The highest BCUT2D eigenvalue weighted by Gasteiger charge is 2.49. The molecule has 0 saturated heterocycles. The molecule has 0 heterocycles. The average molecular weight is 296 g/mol. The number of unbranched alkanes of at least 4 members (excludes halogenated alkanes) is 5. The Morgan fingerprint density at radius 2 is 1.57 bits per heavy atom. The van der Waals surface area contributed by atoms with Gasteiger partial charge in [-0.1, -0.05) is 51.4 Å². The normalized spacial score (nSPS) is 19.6. The van der Waals surface area contributed by atoms with Crippen LogP contribution < -0.4 is 0 Å². The average Bonchev–Trinajstić information content (AvgIpc) is 3.35. The summed E-state index contributed by atoms with van der Waals surface area (Å²) in [5.74, 6) is 0.495. The van der Waals surface area contributed by atoms with Crippen LogP contribution in [0.2, 0.25) is 0 Å². The topological polar surface area (TPSA) is 46.5 Å². The molecule has 0 aliphatic heterocycles. The molecule has 0 atom stereocenters. The second kappa shape index (κ2) is 8.77. The van der Waals surface area contributed by atoms with Crippen molar-refractivity contribution in [3.63, 3.8) is 0 Å². The Hall–Kier alpha value is -0.570. The second-order valence-corrected chi connectivity index (χ2v) is 7.15. The summed E-state index contributed by atoms with van der Waals surface area (Å²) < 4.78 is 5.66. The van der Waals surface area contributed by atoms with Gasteiger partial charge in [0.2, 0.25) is 0 Å². The highest BCUT2D eigenvalue weighted by molar-refractivity contribution is 5.77. The summed E-state index contributed by atoms with van der Waals surface area (Å²) in [7, 11) is 0. The lowest BCUT2D eigenvalue weighted by Crippen LogP contribution is -2.14. The van der Waals surface area contributed by atoms with Crippen LogP contribution in [0, 0.1) is 11.3 Å². The van der Waals surface area contributed by atoms with Crippen molar-refractivity contribution < 1.29 is 14.6 Å². The molecule has 122 valence electrons. The molecule has 0 radical (unpaired) electrons. The Morgan fingerprint density at radius 3 is 2.14 bits per heavy atom. The number of carboxylic acids is 1. The molecule has 21 heavy (non-hydrogen) atoms. The zero-order valence-corrected chi connectivity index (χ0v) is 13.4. The molecular formula is C18H32O3. The van der Waals surface area contributed by atoms with Crippen molar-refractivity contribution in [3.8, 4) is 0 Å². The van der Waals surface area contributed by atoms with Crippen molar-refractivity contribution in [2.24, 2.45) is 11.3 Å². The van der Waals surface area contributed by atoms with E-state index >= 15 is 0 Å². The van der Waals surface area contributed by atoms with E-state index in [0.29, 0.717) is 0 Å². The molecule has 1 N–H and O–H groups in total.